The first-order chi connectivity index (χ1) is 11.1. The number of hydrogen-bond donors (Lipinski definition) is 3. The van der Waals surface area contributed by atoms with Gasteiger partial charge in [0, 0.05) is 44.1 Å². The monoisotopic (exact) mass is 317 g/mol. The summed E-state index contributed by atoms with van der Waals surface area (Å²) in [5.74, 6) is 0. The smallest absolute Gasteiger partial charge is 0.333 e. The van der Waals surface area contributed by atoms with Gasteiger partial charge in [-0.3, -0.25) is 10.3 Å². The fourth-order valence-corrected chi connectivity index (χ4v) is 2.63. The van der Waals surface area contributed by atoms with Crippen molar-refractivity contribution in [3.05, 3.63) is 42.6 Å². The van der Waals surface area contributed by atoms with Crippen molar-refractivity contribution in [2.24, 2.45) is 0 Å². The summed E-state index contributed by atoms with van der Waals surface area (Å²) in [4.78, 5) is 16.2. The van der Waals surface area contributed by atoms with Gasteiger partial charge in [0.25, 0.3) is 0 Å². The summed E-state index contributed by atoms with van der Waals surface area (Å²) in [6.45, 7) is 11.5. The maximum Gasteiger partial charge on any atom is 0.333 e. The highest BCUT2D eigenvalue weighted by Gasteiger charge is 2.16. The van der Waals surface area contributed by atoms with Gasteiger partial charge in [-0.25, -0.2) is 10.2 Å². The second kappa shape index (κ2) is 9.17. The summed E-state index contributed by atoms with van der Waals surface area (Å²) in [6, 6.07) is 10.3. The number of para-hydroxylation sites is 1. The quantitative estimate of drug-likeness (QED) is 0.527. The van der Waals surface area contributed by atoms with Crippen molar-refractivity contribution in [1.29, 1.82) is 0 Å². The molecular formula is C17H27N5O. The molecule has 6 heteroatoms. The van der Waals surface area contributed by atoms with Crippen molar-refractivity contribution in [3.63, 3.8) is 0 Å². The number of allylic oxidation sites excluding steroid dienone is 1. The van der Waals surface area contributed by atoms with Crippen molar-refractivity contribution in [2.45, 2.75) is 13.3 Å². The Morgan fingerprint density at radius 3 is 2.52 bits per heavy atom. The molecule has 0 saturated carbocycles. The van der Waals surface area contributed by atoms with Gasteiger partial charge in [-0.05, 0) is 32.0 Å². The van der Waals surface area contributed by atoms with E-state index in [1.165, 1.54) is 5.69 Å². The van der Waals surface area contributed by atoms with Crippen LogP contribution in [0.15, 0.2) is 42.6 Å². The number of carbonyl (C=O) groups is 1. The number of piperazine rings is 1. The lowest BCUT2D eigenvalue weighted by Crippen LogP contribution is -2.48. The van der Waals surface area contributed by atoms with E-state index in [2.05, 4.69) is 62.9 Å². The van der Waals surface area contributed by atoms with Crippen LogP contribution in [-0.4, -0.2) is 50.2 Å². The highest BCUT2D eigenvalue weighted by molar-refractivity contribution is 5.74. The van der Waals surface area contributed by atoms with E-state index in [-0.39, 0.29) is 6.03 Å². The Labute approximate surface area is 138 Å². The maximum atomic E-state index is 11.3. The predicted octanol–water partition coefficient (Wildman–Crippen LogP) is 1.54. The molecule has 0 spiro atoms. The van der Waals surface area contributed by atoms with E-state index in [1.807, 2.05) is 0 Å². The molecule has 3 N–H and O–H groups in total. The van der Waals surface area contributed by atoms with Crippen LogP contribution < -0.4 is 21.1 Å². The second-order valence-electron chi connectivity index (χ2n) is 5.80. The van der Waals surface area contributed by atoms with E-state index in [1.54, 1.807) is 6.92 Å². The lowest BCUT2D eigenvalue weighted by atomic mass is 10.2. The molecule has 0 bridgehead atoms. The number of benzene rings is 1. The molecule has 1 heterocycles. The third kappa shape index (κ3) is 6.30. The van der Waals surface area contributed by atoms with Gasteiger partial charge in [0.1, 0.15) is 0 Å². The van der Waals surface area contributed by atoms with Crippen LogP contribution in [0.4, 0.5) is 10.5 Å². The predicted molar refractivity (Wildman–Crippen MR) is 94.2 cm³/mol. The Kier molecular flexibility index (Phi) is 6.90. The van der Waals surface area contributed by atoms with E-state index in [0.29, 0.717) is 5.70 Å². The van der Waals surface area contributed by atoms with Crippen molar-refractivity contribution in [1.82, 2.24) is 21.1 Å². The zero-order valence-electron chi connectivity index (χ0n) is 13.8. The molecule has 1 aliphatic rings. The molecule has 6 nitrogen and oxygen atoms in total. The van der Waals surface area contributed by atoms with Crippen molar-refractivity contribution < 1.29 is 4.79 Å². The molecule has 1 fully saturated rings. The summed E-state index contributed by atoms with van der Waals surface area (Å²) in [5.41, 5.74) is 7.45. The van der Waals surface area contributed by atoms with Crippen LogP contribution in [0.25, 0.3) is 0 Å². The molecule has 2 amide bonds. The zero-order valence-corrected chi connectivity index (χ0v) is 13.8. The van der Waals surface area contributed by atoms with Crippen molar-refractivity contribution in [2.75, 3.05) is 44.2 Å². The van der Waals surface area contributed by atoms with Crippen LogP contribution >= 0.6 is 0 Å². The van der Waals surface area contributed by atoms with E-state index >= 15 is 0 Å². The van der Waals surface area contributed by atoms with Gasteiger partial charge in [0.15, 0.2) is 0 Å². The number of rotatable bonds is 7. The van der Waals surface area contributed by atoms with Gasteiger partial charge in [-0.2, -0.15) is 0 Å². The first-order valence-corrected chi connectivity index (χ1v) is 8.13. The summed E-state index contributed by atoms with van der Waals surface area (Å²) < 4.78 is 0. The average Bonchev–Trinajstić information content (AvgIpc) is 2.55. The van der Waals surface area contributed by atoms with E-state index in [9.17, 15) is 4.79 Å². The number of hydrogen-bond acceptors (Lipinski definition) is 4. The molecular weight excluding hydrogens is 290 g/mol. The molecule has 2 rings (SSSR count). The number of nitrogens with zero attached hydrogens (tertiary/aromatic N) is 2. The zero-order chi connectivity index (χ0) is 16.5. The molecule has 0 aromatic heterocycles. The first kappa shape index (κ1) is 17.3. The van der Waals surface area contributed by atoms with Gasteiger partial charge < -0.3 is 10.2 Å². The third-order valence-electron chi connectivity index (χ3n) is 3.80. The minimum absolute atomic E-state index is 0.269. The number of hydrazine groups is 1. The number of urea groups is 1. The minimum Gasteiger partial charge on any atom is -0.369 e. The largest absolute Gasteiger partial charge is 0.369 e. The normalized spacial score (nSPS) is 15.3. The van der Waals surface area contributed by atoms with Crippen molar-refractivity contribution in [3.8, 4) is 0 Å². The fourth-order valence-electron chi connectivity index (χ4n) is 2.63. The van der Waals surface area contributed by atoms with Crippen LogP contribution in [0.5, 0.6) is 0 Å². The highest BCUT2D eigenvalue weighted by atomic mass is 16.2. The summed E-state index contributed by atoms with van der Waals surface area (Å²) in [5, 5.41) is 2.58. The van der Waals surface area contributed by atoms with Gasteiger partial charge in [0.2, 0.25) is 0 Å². The molecule has 1 aromatic carbocycles. The molecule has 0 aliphatic carbocycles. The minimum atomic E-state index is -0.269. The van der Waals surface area contributed by atoms with Gasteiger partial charge >= 0.3 is 6.03 Å². The Morgan fingerprint density at radius 1 is 1.17 bits per heavy atom. The Balaban J connectivity index is 1.55. The van der Waals surface area contributed by atoms with Crippen LogP contribution in [0.1, 0.15) is 13.3 Å². The number of carbonyl (C=O) groups excluding carboxylic acids is 1. The standard InChI is InChI=1S/C17H27N5O/c1-15(2)19-17(23)20-18-9-6-10-21-11-13-22(14-12-21)16-7-4-3-5-8-16/h3-5,7-8,18H,1,6,9-14H2,2H3,(H2,19,20,23). The first-order valence-electron chi connectivity index (χ1n) is 8.13. The molecule has 0 unspecified atom stereocenters. The maximum absolute atomic E-state index is 11.3. The number of anilines is 1. The lowest BCUT2D eigenvalue weighted by molar-refractivity contribution is 0.235. The molecule has 0 atom stereocenters. The van der Waals surface area contributed by atoms with Gasteiger partial charge in [-0.1, -0.05) is 24.8 Å². The van der Waals surface area contributed by atoms with Gasteiger partial charge in [-0.15, -0.1) is 0 Å². The Hall–Kier alpha value is -2.05. The number of nitrogens with one attached hydrogen (secondary N) is 3. The molecule has 0 radical (unpaired) electrons. The molecule has 1 saturated heterocycles. The highest BCUT2D eigenvalue weighted by Crippen LogP contribution is 2.15. The van der Waals surface area contributed by atoms with Crippen LogP contribution in [0.3, 0.4) is 0 Å². The SMILES string of the molecule is C=C(C)NC(=O)NNCCCN1CCN(c2ccccc2)CC1. The Morgan fingerprint density at radius 2 is 1.87 bits per heavy atom. The average molecular weight is 317 g/mol. The van der Waals surface area contributed by atoms with Crippen molar-refractivity contribution >= 4 is 11.7 Å². The van der Waals surface area contributed by atoms with Gasteiger partial charge in [0.05, 0.1) is 0 Å². The molecule has 1 aromatic rings. The Bertz CT molecular complexity index is 497. The van der Waals surface area contributed by atoms with Crippen LogP contribution in [-0.2, 0) is 0 Å². The summed E-state index contributed by atoms with van der Waals surface area (Å²) >= 11 is 0. The second-order valence-corrected chi connectivity index (χ2v) is 5.80. The van der Waals surface area contributed by atoms with E-state index < -0.39 is 0 Å². The van der Waals surface area contributed by atoms with E-state index in [4.69, 9.17) is 0 Å². The van der Waals surface area contributed by atoms with Crippen LogP contribution in [0, 0.1) is 0 Å². The summed E-state index contributed by atoms with van der Waals surface area (Å²) in [7, 11) is 0. The third-order valence-corrected chi connectivity index (χ3v) is 3.80. The lowest BCUT2D eigenvalue weighted by Gasteiger charge is -2.36. The topological polar surface area (TPSA) is 59.6 Å². The molecule has 126 valence electrons. The number of amides is 2. The van der Waals surface area contributed by atoms with E-state index in [0.717, 1.165) is 45.7 Å². The summed E-state index contributed by atoms with van der Waals surface area (Å²) in [6.07, 6.45) is 0.999. The van der Waals surface area contributed by atoms with Crippen LogP contribution in [0.2, 0.25) is 0 Å². The molecule has 23 heavy (non-hydrogen) atoms. The fraction of sp³-hybridized carbons (Fsp3) is 0.471. The molecule has 1 aliphatic heterocycles.